The van der Waals surface area contributed by atoms with Crippen molar-refractivity contribution in [3.8, 4) is 0 Å². The highest BCUT2D eigenvalue weighted by Crippen LogP contribution is 2.27. The van der Waals surface area contributed by atoms with E-state index in [2.05, 4.69) is 62.0 Å². The second-order valence-electron chi connectivity index (χ2n) is 6.97. The van der Waals surface area contributed by atoms with Gasteiger partial charge in [0, 0.05) is 51.2 Å². The number of halogens is 1. The molecule has 7 heteroatoms. The number of hydrogen-bond acceptors (Lipinski definition) is 5. The molecule has 1 saturated heterocycles. The number of nitrogens with zero attached hydrogens (tertiary/aromatic N) is 4. The van der Waals surface area contributed by atoms with Crippen LogP contribution in [0.3, 0.4) is 0 Å². The molecule has 6 nitrogen and oxygen atoms in total. The van der Waals surface area contributed by atoms with Crippen molar-refractivity contribution in [2.24, 2.45) is 7.05 Å². The maximum absolute atomic E-state index is 12.2. The molecule has 0 spiro atoms. The molecular formula is C20H28BrN5O. The van der Waals surface area contributed by atoms with Gasteiger partial charge in [0.05, 0.1) is 0 Å². The molecule has 1 aromatic heterocycles. The SMILES string of the molecule is CCC(c1ccc(Nc2nc(Br)cn(C)c2=O)cc1)N1CCN(CC)CC1. The van der Waals surface area contributed by atoms with E-state index in [1.54, 1.807) is 13.2 Å². The molecule has 0 radical (unpaired) electrons. The lowest BCUT2D eigenvalue weighted by Crippen LogP contribution is -2.47. The molecule has 146 valence electrons. The number of benzene rings is 1. The number of piperazine rings is 1. The average Bonchev–Trinajstić information content (AvgIpc) is 2.68. The van der Waals surface area contributed by atoms with E-state index in [9.17, 15) is 4.79 Å². The van der Waals surface area contributed by atoms with Gasteiger partial charge in [0.2, 0.25) is 0 Å². The summed E-state index contributed by atoms with van der Waals surface area (Å²) in [6.07, 6.45) is 2.74. The number of anilines is 2. The summed E-state index contributed by atoms with van der Waals surface area (Å²) < 4.78 is 2.14. The van der Waals surface area contributed by atoms with E-state index in [-0.39, 0.29) is 5.56 Å². The number of rotatable bonds is 6. The van der Waals surface area contributed by atoms with Gasteiger partial charge in [-0.05, 0) is 46.6 Å². The first-order valence-corrected chi connectivity index (χ1v) is 10.4. The topological polar surface area (TPSA) is 53.4 Å². The van der Waals surface area contributed by atoms with Gasteiger partial charge in [0.15, 0.2) is 5.82 Å². The smallest absolute Gasteiger partial charge is 0.293 e. The van der Waals surface area contributed by atoms with Crippen LogP contribution in [0.5, 0.6) is 0 Å². The summed E-state index contributed by atoms with van der Waals surface area (Å²) in [6.45, 7) is 10.1. The quantitative estimate of drug-likeness (QED) is 0.756. The minimum atomic E-state index is -0.150. The fraction of sp³-hybridized carbons (Fsp3) is 0.500. The van der Waals surface area contributed by atoms with E-state index in [0.717, 1.165) is 44.8 Å². The van der Waals surface area contributed by atoms with E-state index in [0.29, 0.717) is 16.5 Å². The molecule has 0 aliphatic carbocycles. The maximum atomic E-state index is 12.2. The third-order valence-electron chi connectivity index (χ3n) is 5.28. The lowest BCUT2D eigenvalue weighted by molar-refractivity contribution is 0.0971. The monoisotopic (exact) mass is 433 g/mol. The molecule has 1 fully saturated rings. The molecule has 1 aliphatic heterocycles. The Hall–Kier alpha value is -1.70. The largest absolute Gasteiger partial charge is 0.336 e. The standard InChI is InChI=1S/C20H28BrN5O/c1-4-17(26-12-10-25(5-2)11-13-26)15-6-8-16(9-7-15)22-19-20(27)24(3)14-18(21)23-19/h6-9,14,17H,4-5,10-13H2,1-3H3,(H,22,23). The van der Waals surface area contributed by atoms with Gasteiger partial charge in [-0.2, -0.15) is 0 Å². The van der Waals surface area contributed by atoms with Gasteiger partial charge in [-0.25, -0.2) is 4.98 Å². The minimum Gasteiger partial charge on any atom is -0.336 e. The van der Waals surface area contributed by atoms with Crippen LogP contribution in [0.2, 0.25) is 0 Å². The van der Waals surface area contributed by atoms with Crippen molar-refractivity contribution in [1.82, 2.24) is 19.4 Å². The van der Waals surface area contributed by atoms with Gasteiger partial charge in [-0.15, -0.1) is 0 Å². The zero-order chi connectivity index (χ0) is 19.4. The predicted molar refractivity (Wildman–Crippen MR) is 114 cm³/mol. The summed E-state index contributed by atoms with van der Waals surface area (Å²) in [7, 11) is 1.72. The van der Waals surface area contributed by atoms with Gasteiger partial charge in [0.1, 0.15) is 4.60 Å². The first-order valence-electron chi connectivity index (χ1n) is 9.58. The molecule has 1 N–H and O–H groups in total. The van der Waals surface area contributed by atoms with E-state index >= 15 is 0 Å². The van der Waals surface area contributed by atoms with Crippen LogP contribution >= 0.6 is 15.9 Å². The molecule has 1 aromatic carbocycles. The molecule has 27 heavy (non-hydrogen) atoms. The molecule has 0 saturated carbocycles. The molecule has 0 bridgehead atoms. The highest BCUT2D eigenvalue weighted by atomic mass is 79.9. The Balaban J connectivity index is 1.72. The van der Waals surface area contributed by atoms with Gasteiger partial charge >= 0.3 is 0 Å². The van der Waals surface area contributed by atoms with Crippen LogP contribution in [0, 0.1) is 0 Å². The summed E-state index contributed by atoms with van der Waals surface area (Å²) in [4.78, 5) is 21.5. The van der Waals surface area contributed by atoms with Gasteiger partial charge in [-0.1, -0.05) is 26.0 Å². The van der Waals surface area contributed by atoms with Crippen LogP contribution in [0.4, 0.5) is 11.5 Å². The minimum absolute atomic E-state index is 0.150. The van der Waals surface area contributed by atoms with Crippen molar-refractivity contribution in [3.05, 3.63) is 51.0 Å². The van der Waals surface area contributed by atoms with E-state index in [4.69, 9.17) is 0 Å². The highest BCUT2D eigenvalue weighted by Gasteiger charge is 2.23. The molecule has 1 atom stereocenters. The van der Waals surface area contributed by atoms with Crippen LogP contribution in [-0.4, -0.2) is 52.1 Å². The Labute approximate surface area is 169 Å². The number of aryl methyl sites for hydroxylation is 1. The fourth-order valence-electron chi connectivity index (χ4n) is 3.67. The normalized spacial score (nSPS) is 17.0. The zero-order valence-electron chi connectivity index (χ0n) is 16.3. The Bertz CT molecular complexity index is 812. The summed E-state index contributed by atoms with van der Waals surface area (Å²) in [5.41, 5.74) is 2.04. The van der Waals surface area contributed by atoms with Crippen molar-refractivity contribution in [2.75, 3.05) is 38.0 Å². The summed E-state index contributed by atoms with van der Waals surface area (Å²) in [6, 6.07) is 8.82. The van der Waals surface area contributed by atoms with Crippen molar-refractivity contribution < 1.29 is 0 Å². The lowest BCUT2D eigenvalue weighted by atomic mass is 10.0. The molecule has 1 unspecified atom stereocenters. The second kappa shape index (κ2) is 8.99. The van der Waals surface area contributed by atoms with Crippen LogP contribution in [0.25, 0.3) is 0 Å². The van der Waals surface area contributed by atoms with Crippen molar-refractivity contribution in [1.29, 1.82) is 0 Å². The highest BCUT2D eigenvalue weighted by molar-refractivity contribution is 9.10. The average molecular weight is 434 g/mol. The maximum Gasteiger partial charge on any atom is 0.293 e. The molecular weight excluding hydrogens is 406 g/mol. The van der Waals surface area contributed by atoms with Crippen LogP contribution in [0.1, 0.15) is 31.9 Å². The van der Waals surface area contributed by atoms with Gasteiger partial charge in [0.25, 0.3) is 5.56 Å². The third kappa shape index (κ3) is 4.78. The summed E-state index contributed by atoms with van der Waals surface area (Å²) >= 11 is 3.33. The Morgan fingerprint density at radius 1 is 1.15 bits per heavy atom. The van der Waals surface area contributed by atoms with Crippen LogP contribution in [-0.2, 0) is 7.05 Å². The second-order valence-corrected chi connectivity index (χ2v) is 7.78. The molecule has 3 rings (SSSR count). The van der Waals surface area contributed by atoms with Gasteiger partial charge < -0.3 is 14.8 Å². The number of nitrogens with one attached hydrogen (secondary N) is 1. The molecule has 1 aliphatic rings. The number of aromatic nitrogens is 2. The molecule has 0 amide bonds. The van der Waals surface area contributed by atoms with Crippen LogP contribution in [0.15, 0.2) is 39.9 Å². The Kier molecular flexibility index (Phi) is 6.68. The van der Waals surface area contributed by atoms with Crippen molar-refractivity contribution in [3.63, 3.8) is 0 Å². The fourth-order valence-corrected chi connectivity index (χ4v) is 4.16. The van der Waals surface area contributed by atoms with Crippen molar-refractivity contribution >= 4 is 27.4 Å². The summed E-state index contributed by atoms with van der Waals surface area (Å²) in [5.74, 6) is 0.322. The Morgan fingerprint density at radius 3 is 2.41 bits per heavy atom. The zero-order valence-corrected chi connectivity index (χ0v) is 17.9. The van der Waals surface area contributed by atoms with Crippen molar-refractivity contribution in [2.45, 2.75) is 26.3 Å². The summed E-state index contributed by atoms with van der Waals surface area (Å²) in [5, 5.41) is 3.14. The molecule has 2 aromatic rings. The number of likely N-dealkylation sites (N-methyl/N-ethyl adjacent to an activating group) is 1. The molecule has 2 heterocycles. The van der Waals surface area contributed by atoms with Gasteiger partial charge in [-0.3, -0.25) is 9.69 Å². The first-order chi connectivity index (χ1) is 13.0. The van der Waals surface area contributed by atoms with Crippen LogP contribution < -0.4 is 10.9 Å². The van der Waals surface area contributed by atoms with E-state index < -0.39 is 0 Å². The Morgan fingerprint density at radius 2 is 1.81 bits per heavy atom. The number of hydrogen-bond donors (Lipinski definition) is 1. The van der Waals surface area contributed by atoms with E-state index in [1.165, 1.54) is 10.1 Å². The predicted octanol–water partition coefficient (Wildman–Crippen LogP) is 3.38. The third-order valence-corrected chi connectivity index (χ3v) is 5.66. The van der Waals surface area contributed by atoms with E-state index in [1.807, 2.05) is 12.1 Å². The lowest BCUT2D eigenvalue weighted by Gasteiger charge is -2.39. The first kappa shape index (κ1) is 20.0.